The maximum atomic E-state index is 11.7. The van der Waals surface area contributed by atoms with Crippen LogP contribution in [0.3, 0.4) is 0 Å². The molecule has 1 aromatic rings. The summed E-state index contributed by atoms with van der Waals surface area (Å²) in [6.07, 6.45) is 7.35. The third-order valence-electron chi connectivity index (χ3n) is 4.27. The molecule has 0 amide bonds. The van der Waals surface area contributed by atoms with Gasteiger partial charge in [-0.3, -0.25) is 14.3 Å². The summed E-state index contributed by atoms with van der Waals surface area (Å²) in [7, 11) is 0. The zero-order chi connectivity index (χ0) is 14.5. The van der Waals surface area contributed by atoms with Gasteiger partial charge in [0.2, 0.25) is 0 Å². The van der Waals surface area contributed by atoms with Gasteiger partial charge in [0.1, 0.15) is 0 Å². The first-order chi connectivity index (χ1) is 9.60. The van der Waals surface area contributed by atoms with E-state index < -0.39 is 0 Å². The normalized spacial score (nSPS) is 22.9. The monoisotopic (exact) mass is 279 g/mol. The van der Waals surface area contributed by atoms with Crippen molar-refractivity contribution in [3.8, 4) is 0 Å². The summed E-state index contributed by atoms with van der Waals surface area (Å²) >= 11 is 0. The van der Waals surface area contributed by atoms with E-state index in [1.807, 2.05) is 6.92 Å². The molecule has 1 heterocycles. The molecule has 5 nitrogen and oxygen atoms in total. The Morgan fingerprint density at radius 3 is 2.65 bits per heavy atom. The van der Waals surface area contributed by atoms with Crippen LogP contribution in [0.4, 0.5) is 0 Å². The number of hydrogen-bond acceptors (Lipinski definition) is 3. The van der Waals surface area contributed by atoms with Crippen molar-refractivity contribution in [1.29, 1.82) is 0 Å². The number of nitrogens with zero attached hydrogens (tertiary/aromatic N) is 1. The first-order valence-electron chi connectivity index (χ1n) is 7.66. The molecular formula is C15H25N3O2. The van der Waals surface area contributed by atoms with Gasteiger partial charge in [-0.05, 0) is 38.0 Å². The third-order valence-corrected chi connectivity index (χ3v) is 4.27. The first kappa shape index (κ1) is 15.0. The van der Waals surface area contributed by atoms with E-state index in [0.717, 1.165) is 12.5 Å². The molecule has 1 saturated carbocycles. The minimum Gasteiger partial charge on any atom is -0.312 e. The van der Waals surface area contributed by atoms with E-state index in [-0.39, 0.29) is 11.2 Å². The van der Waals surface area contributed by atoms with E-state index in [4.69, 9.17) is 0 Å². The fraction of sp³-hybridized carbons (Fsp3) is 0.733. The van der Waals surface area contributed by atoms with Crippen molar-refractivity contribution >= 4 is 0 Å². The Bertz CT molecular complexity index is 539. The van der Waals surface area contributed by atoms with Crippen molar-refractivity contribution in [3.63, 3.8) is 0 Å². The van der Waals surface area contributed by atoms with Crippen LogP contribution >= 0.6 is 0 Å². The largest absolute Gasteiger partial charge is 0.328 e. The van der Waals surface area contributed by atoms with Crippen molar-refractivity contribution in [3.05, 3.63) is 32.6 Å². The maximum Gasteiger partial charge on any atom is 0.328 e. The lowest BCUT2D eigenvalue weighted by atomic mass is 9.87. The Morgan fingerprint density at radius 2 is 2.00 bits per heavy atom. The van der Waals surface area contributed by atoms with Gasteiger partial charge in [0.25, 0.3) is 5.56 Å². The van der Waals surface area contributed by atoms with Crippen LogP contribution in [0.1, 0.15) is 45.1 Å². The smallest absolute Gasteiger partial charge is 0.312 e. The van der Waals surface area contributed by atoms with Crippen molar-refractivity contribution in [2.45, 2.75) is 58.5 Å². The number of aromatic nitrogens is 2. The standard InChI is InChI=1S/C15H25N3O2/c1-3-12-10-18(15(20)17-14(12)19)9-8-16-13-6-4-11(2)5-7-13/h10-11,13,16H,3-9H2,1-2H3,(H,17,19,20). The molecule has 0 atom stereocenters. The van der Waals surface area contributed by atoms with Gasteiger partial charge in [-0.2, -0.15) is 0 Å². The van der Waals surface area contributed by atoms with Crippen LogP contribution < -0.4 is 16.6 Å². The predicted molar refractivity (Wildman–Crippen MR) is 80.1 cm³/mol. The minimum atomic E-state index is -0.314. The number of hydrogen-bond donors (Lipinski definition) is 2. The lowest BCUT2D eigenvalue weighted by Gasteiger charge is -2.27. The van der Waals surface area contributed by atoms with E-state index in [1.54, 1.807) is 10.8 Å². The van der Waals surface area contributed by atoms with Crippen LogP contribution in [0.2, 0.25) is 0 Å². The molecule has 2 N–H and O–H groups in total. The molecule has 0 aromatic carbocycles. The van der Waals surface area contributed by atoms with Crippen molar-refractivity contribution in [1.82, 2.24) is 14.9 Å². The van der Waals surface area contributed by atoms with Gasteiger partial charge in [-0.15, -0.1) is 0 Å². The fourth-order valence-corrected chi connectivity index (χ4v) is 2.83. The summed E-state index contributed by atoms with van der Waals surface area (Å²) in [5.74, 6) is 0.849. The van der Waals surface area contributed by atoms with Gasteiger partial charge in [-0.1, -0.05) is 13.8 Å². The van der Waals surface area contributed by atoms with Gasteiger partial charge in [-0.25, -0.2) is 4.79 Å². The molecule has 112 valence electrons. The third kappa shape index (κ3) is 3.82. The van der Waals surface area contributed by atoms with Gasteiger partial charge >= 0.3 is 5.69 Å². The topological polar surface area (TPSA) is 66.9 Å². The molecule has 5 heteroatoms. The number of rotatable bonds is 5. The molecule has 1 aliphatic carbocycles. The average molecular weight is 279 g/mol. The lowest BCUT2D eigenvalue weighted by molar-refractivity contribution is 0.304. The molecule has 1 aromatic heterocycles. The fourth-order valence-electron chi connectivity index (χ4n) is 2.83. The zero-order valence-corrected chi connectivity index (χ0v) is 12.4. The molecule has 1 aliphatic rings. The van der Waals surface area contributed by atoms with Gasteiger partial charge in [0.15, 0.2) is 0 Å². The molecule has 1 fully saturated rings. The highest BCUT2D eigenvalue weighted by Crippen LogP contribution is 2.23. The van der Waals surface area contributed by atoms with Crippen LogP contribution in [-0.2, 0) is 13.0 Å². The SMILES string of the molecule is CCc1cn(CCNC2CCC(C)CC2)c(=O)[nH]c1=O. The van der Waals surface area contributed by atoms with E-state index in [0.29, 0.717) is 24.6 Å². The highest BCUT2D eigenvalue weighted by molar-refractivity contribution is 5.03. The summed E-state index contributed by atoms with van der Waals surface area (Å²) in [6.45, 7) is 5.60. The van der Waals surface area contributed by atoms with Crippen molar-refractivity contribution in [2.75, 3.05) is 6.54 Å². The minimum absolute atomic E-state index is 0.261. The predicted octanol–water partition coefficient (Wildman–Crippen LogP) is 1.27. The molecule has 0 spiro atoms. The van der Waals surface area contributed by atoms with Crippen LogP contribution in [0, 0.1) is 5.92 Å². The second kappa shape index (κ2) is 6.88. The van der Waals surface area contributed by atoms with E-state index in [9.17, 15) is 9.59 Å². The summed E-state index contributed by atoms with van der Waals surface area (Å²) in [4.78, 5) is 25.6. The number of aromatic amines is 1. The van der Waals surface area contributed by atoms with Gasteiger partial charge in [0, 0.05) is 30.9 Å². The van der Waals surface area contributed by atoms with Crippen molar-refractivity contribution in [2.24, 2.45) is 5.92 Å². The summed E-state index contributed by atoms with van der Waals surface area (Å²) in [6, 6.07) is 0.579. The first-order valence-corrected chi connectivity index (χ1v) is 7.66. The second-order valence-electron chi connectivity index (χ2n) is 5.87. The molecule has 0 radical (unpaired) electrons. The van der Waals surface area contributed by atoms with Gasteiger partial charge in [0.05, 0.1) is 0 Å². The molecule has 0 aliphatic heterocycles. The van der Waals surface area contributed by atoms with E-state index in [1.165, 1.54) is 25.7 Å². The number of H-pyrrole nitrogens is 1. The average Bonchev–Trinajstić information content (AvgIpc) is 2.43. The Balaban J connectivity index is 1.88. The van der Waals surface area contributed by atoms with E-state index in [2.05, 4.69) is 17.2 Å². The quantitative estimate of drug-likeness (QED) is 0.853. The van der Waals surface area contributed by atoms with Crippen LogP contribution in [0.15, 0.2) is 15.8 Å². The van der Waals surface area contributed by atoms with Crippen LogP contribution in [-0.4, -0.2) is 22.1 Å². The lowest BCUT2D eigenvalue weighted by Crippen LogP contribution is -2.38. The number of nitrogens with one attached hydrogen (secondary N) is 2. The molecule has 0 bridgehead atoms. The maximum absolute atomic E-state index is 11.7. The van der Waals surface area contributed by atoms with Crippen molar-refractivity contribution < 1.29 is 0 Å². The Morgan fingerprint density at radius 1 is 1.30 bits per heavy atom. The molecule has 2 rings (SSSR count). The number of aryl methyl sites for hydroxylation is 1. The molecular weight excluding hydrogens is 254 g/mol. The zero-order valence-electron chi connectivity index (χ0n) is 12.4. The highest BCUT2D eigenvalue weighted by Gasteiger charge is 2.17. The summed E-state index contributed by atoms with van der Waals surface area (Å²) in [5.41, 5.74) is 0.0883. The Labute approximate surface area is 119 Å². The van der Waals surface area contributed by atoms with Crippen LogP contribution in [0.25, 0.3) is 0 Å². The van der Waals surface area contributed by atoms with Crippen LogP contribution in [0.5, 0.6) is 0 Å². The van der Waals surface area contributed by atoms with E-state index >= 15 is 0 Å². The molecule has 0 unspecified atom stereocenters. The Kier molecular flexibility index (Phi) is 5.17. The van der Waals surface area contributed by atoms with Gasteiger partial charge < -0.3 is 5.32 Å². The highest BCUT2D eigenvalue weighted by atomic mass is 16.2. The summed E-state index contributed by atoms with van der Waals surface area (Å²) < 4.78 is 1.60. The molecule has 0 saturated heterocycles. The summed E-state index contributed by atoms with van der Waals surface area (Å²) in [5, 5.41) is 3.52. The molecule has 20 heavy (non-hydrogen) atoms. The second-order valence-corrected chi connectivity index (χ2v) is 5.87. The Hall–Kier alpha value is -1.36.